The Balaban J connectivity index is 2.44. The summed E-state index contributed by atoms with van der Waals surface area (Å²) >= 11 is 0. The molecule has 0 saturated heterocycles. The van der Waals surface area contributed by atoms with Crippen LogP contribution in [0.15, 0.2) is 24.3 Å². The van der Waals surface area contributed by atoms with Gasteiger partial charge in [0.2, 0.25) is 5.91 Å². The van der Waals surface area contributed by atoms with Gasteiger partial charge in [-0.3, -0.25) is 4.79 Å². The highest BCUT2D eigenvalue weighted by Crippen LogP contribution is 2.16. The predicted molar refractivity (Wildman–Crippen MR) is 89.0 cm³/mol. The maximum Gasteiger partial charge on any atom is 0.220 e. The predicted octanol–water partition coefficient (Wildman–Crippen LogP) is 3.58. The lowest BCUT2D eigenvalue weighted by Gasteiger charge is -2.15. The van der Waals surface area contributed by atoms with Gasteiger partial charge in [0.25, 0.3) is 0 Å². The average Bonchev–Trinajstić information content (AvgIpc) is 2.38. The molecule has 0 fully saturated rings. The number of carbonyl (C=O) groups excluding carboxylic acids is 1. The van der Waals surface area contributed by atoms with Gasteiger partial charge in [-0.1, -0.05) is 38.1 Å². The SMILES string of the molecule is CC(C)Cc1ccc(C(C)NC(=O)CCCC(C)N)cc1. The molecule has 2 atom stereocenters. The van der Waals surface area contributed by atoms with E-state index >= 15 is 0 Å². The molecule has 0 aliphatic heterocycles. The molecule has 3 nitrogen and oxygen atoms in total. The zero-order chi connectivity index (χ0) is 15.8. The lowest BCUT2D eigenvalue weighted by atomic mass is 10.00. The first-order valence-corrected chi connectivity index (χ1v) is 8.02. The molecule has 0 radical (unpaired) electrons. The minimum Gasteiger partial charge on any atom is -0.350 e. The third kappa shape index (κ3) is 7.28. The van der Waals surface area contributed by atoms with Crippen LogP contribution in [0.5, 0.6) is 0 Å². The van der Waals surface area contributed by atoms with Gasteiger partial charge < -0.3 is 11.1 Å². The fourth-order valence-corrected chi connectivity index (χ4v) is 2.40. The van der Waals surface area contributed by atoms with Crippen LogP contribution in [0.2, 0.25) is 0 Å². The second-order valence-corrected chi connectivity index (χ2v) is 6.50. The number of rotatable bonds is 8. The first-order chi connectivity index (χ1) is 9.88. The van der Waals surface area contributed by atoms with Crippen molar-refractivity contribution >= 4 is 5.91 Å². The smallest absolute Gasteiger partial charge is 0.220 e. The molecule has 0 heterocycles. The van der Waals surface area contributed by atoms with Crippen LogP contribution in [0.1, 0.15) is 64.1 Å². The Morgan fingerprint density at radius 3 is 2.29 bits per heavy atom. The van der Waals surface area contributed by atoms with Crippen molar-refractivity contribution in [1.82, 2.24) is 5.32 Å². The Kier molecular flexibility index (Phi) is 7.44. The Morgan fingerprint density at radius 2 is 1.76 bits per heavy atom. The van der Waals surface area contributed by atoms with Gasteiger partial charge in [0.05, 0.1) is 6.04 Å². The zero-order valence-electron chi connectivity index (χ0n) is 13.9. The van der Waals surface area contributed by atoms with E-state index in [1.165, 1.54) is 5.56 Å². The van der Waals surface area contributed by atoms with Crippen LogP contribution in [-0.4, -0.2) is 11.9 Å². The lowest BCUT2D eigenvalue weighted by Crippen LogP contribution is -2.26. The standard InChI is InChI=1S/C18H30N2O/c1-13(2)12-16-8-10-17(11-9-16)15(4)20-18(21)7-5-6-14(3)19/h8-11,13-15H,5-7,12,19H2,1-4H3,(H,20,21). The minimum absolute atomic E-state index is 0.0564. The quantitative estimate of drug-likeness (QED) is 0.769. The van der Waals surface area contributed by atoms with Crippen molar-refractivity contribution in [3.63, 3.8) is 0 Å². The minimum atomic E-state index is 0.0564. The van der Waals surface area contributed by atoms with Gasteiger partial charge in [0.1, 0.15) is 0 Å². The summed E-state index contributed by atoms with van der Waals surface area (Å²) in [6, 6.07) is 8.78. The fraction of sp³-hybridized carbons (Fsp3) is 0.611. The van der Waals surface area contributed by atoms with E-state index < -0.39 is 0 Å². The van der Waals surface area contributed by atoms with Crippen molar-refractivity contribution in [1.29, 1.82) is 0 Å². The van der Waals surface area contributed by atoms with E-state index in [0.717, 1.165) is 24.8 Å². The van der Waals surface area contributed by atoms with Crippen molar-refractivity contribution in [3.8, 4) is 0 Å². The van der Waals surface area contributed by atoms with Crippen molar-refractivity contribution in [2.75, 3.05) is 0 Å². The average molecular weight is 290 g/mol. The second-order valence-electron chi connectivity index (χ2n) is 6.50. The molecule has 1 amide bonds. The van der Waals surface area contributed by atoms with Gasteiger partial charge in [0, 0.05) is 12.5 Å². The van der Waals surface area contributed by atoms with E-state index in [2.05, 4.69) is 43.4 Å². The normalized spacial score (nSPS) is 14.0. The molecule has 0 aliphatic carbocycles. The molecule has 1 aromatic rings. The summed E-state index contributed by atoms with van der Waals surface area (Å²) in [6.07, 6.45) is 3.39. The number of nitrogens with two attached hydrogens (primary N) is 1. The molecule has 3 N–H and O–H groups in total. The maximum atomic E-state index is 11.9. The van der Waals surface area contributed by atoms with Crippen molar-refractivity contribution < 1.29 is 4.79 Å². The second kappa shape index (κ2) is 8.83. The topological polar surface area (TPSA) is 55.1 Å². The molecule has 0 aliphatic rings. The van der Waals surface area contributed by atoms with Gasteiger partial charge in [-0.25, -0.2) is 0 Å². The highest BCUT2D eigenvalue weighted by molar-refractivity contribution is 5.76. The molecule has 3 heteroatoms. The molecule has 0 spiro atoms. The summed E-state index contributed by atoms with van der Waals surface area (Å²) in [4.78, 5) is 11.9. The largest absolute Gasteiger partial charge is 0.350 e. The van der Waals surface area contributed by atoms with E-state index in [4.69, 9.17) is 5.73 Å². The summed E-state index contributed by atoms with van der Waals surface area (Å²) in [5, 5.41) is 3.05. The number of nitrogens with one attached hydrogen (secondary N) is 1. The highest BCUT2D eigenvalue weighted by Gasteiger charge is 2.10. The molecule has 0 saturated carbocycles. The van der Waals surface area contributed by atoms with Crippen LogP contribution in [0, 0.1) is 5.92 Å². The molecular formula is C18H30N2O. The third-order valence-corrected chi connectivity index (χ3v) is 3.56. The Labute approximate surface area is 129 Å². The number of hydrogen-bond acceptors (Lipinski definition) is 2. The van der Waals surface area contributed by atoms with E-state index in [1.54, 1.807) is 0 Å². The van der Waals surface area contributed by atoms with E-state index in [9.17, 15) is 4.79 Å². The number of hydrogen-bond donors (Lipinski definition) is 2. The van der Waals surface area contributed by atoms with Gasteiger partial charge in [0.15, 0.2) is 0 Å². The summed E-state index contributed by atoms with van der Waals surface area (Å²) in [6.45, 7) is 8.44. The monoisotopic (exact) mass is 290 g/mol. The number of benzene rings is 1. The Hall–Kier alpha value is -1.35. The van der Waals surface area contributed by atoms with Gasteiger partial charge in [-0.15, -0.1) is 0 Å². The maximum absolute atomic E-state index is 11.9. The fourth-order valence-electron chi connectivity index (χ4n) is 2.40. The van der Waals surface area contributed by atoms with Crippen LogP contribution in [0.4, 0.5) is 0 Å². The first kappa shape index (κ1) is 17.7. The van der Waals surface area contributed by atoms with Crippen molar-refractivity contribution in [3.05, 3.63) is 35.4 Å². The van der Waals surface area contributed by atoms with Gasteiger partial charge in [-0.05, 0) is 50.2 Å². The highest BCUT2D eigenvalue weighted by atomic mass is 16.1. The van der Waals surface area contributed by atoms with Crippen molar-refractivity contribution in [2.24, 2.45) is 11.7 Å². The van der Waals surface area contributed by atoms with E-state index in [0.29, 0.717) is 12.3 Å². The summed E-state index contributed by atoms with van der Waals surface area (Å²) < 4.78 is 0. The third-order valence-electron chi connectivity index (χ3n) is 3.56. The Morgan fingerprint density at radius 1 is 1.14 bits per heavy atom. The molecule has 2 unspecified atom stereocenters. The first-order valence-electron chi connectivity index (χ1n) is 8.02. The molecule has 21 heavy (non-hydrogen) atoms. The van der Waals surface area contributed by atoms with E-state index in [-0.39, 0.29) is 18.0 Å². The number of amides is 1. The molecular weight excluding hydrogens is 260 g/mol. The van der Waals surface area contributed by atoms with Crippen LogP contribution < -0.4 is 11.1 Å². The molecule has 1 aromatic carbocycles. The lowest BCUT2D eigenvalue weighted by molar-refractivity contribution is -0.121. The summed E-state index contributed by atoms with van der Waals surface area (Å²) in [5.74, 6) is 0.771. The summed E-state index contributed by atoms with van der Waals surface area (Å²) in [5.41, 5.74) is 8.19. The van der Waals surface area contributed by atoms with Crippen LogP contribution in [0.25, 0.3) is 0 Å². The van der Waals surface area contributed by atoms with Gasteiger partial charge >= 0.3 is 0 Å². The zero-order valence-corrected chi connectivity index (χ0v) is 13.9. The van der Waals surface area contributed by atoms with Crippen LogP contribution in [-0.2, 0) is 11.2 Å². The molecule has 118 valence electrons. The van der Waals surface area contributed by atoms with Crippen molar-refractivity contribution in [2.45, 2.75) is 65.5 Å². The number of carbonyl (C=O) groups is 1. The Bertz CT molecular complexity index is 423. The van der Waals surface area contributed by atoms with Crippen LogP contribution >= 0.6 is 0 Å². The van der Waals surface area contributed by atoms with E-state index in [1.807, 2.05) is 13.8 Å². The molecule has 1 rings (SSSR count). The van der Waals surface area contributed by atoms with Gasteiger partial charge in [-0.2, -0.15) is 0 Å². The van der Waals surface area contributed by atoms with Crippen LogP contribution in [0.3, 0.4) is 0 Å². The molecule has 0 bridgehead atoms. The summed E-state index contributed by atoms with van der Waals surface area (Å²) in [7, 11) is 0. The molecule has 0 aromatic heterocycles.